The van der Waals surface area contributed by atoms with Crippen LogP contribution in [0.5, 0.6) is 11.5 Å². The van der Waals surface area contributed by atoms with E-state index in [1.165, 1.54) is 0 Å². The Labute approximate surface area is 172 Å². The van der Waals surface area contributed by atoms with Gasteiger partial charge in [-0.1, -0.05) is 6.07 Å². The van der Waals surface area contributed by atoms with Gasteiger partial charge in [0.15, 0.2) is 0 Å². The molecule has 0 aliphatic carbocycles. The highest BCUT2D eigenvalue weighted by Gasteiger charge is 2.20. The average Bonchev–Trinajstić information content (AvgIpc) is 2.63. The lowest BCUT2D eigenvalue weighted by Crippen LogP contribution is -2.41. The minimum Gasteiger partial charge on any atom is -0.494 e. The van der Waals surface area contributed by atoms with Crippen molar-refractivity contribution in [3.8, 4) is 11.5 Å². The molecule has 8 heteroatoms. The standard InChI is InChI=1S/C21H28N2O5S/c1-5-27-19-8-6-18(7-9-19)23(29(4,25)26)15-21(24)22-10-11-28-20-13-16(2)12-17(3)14-20/h6-9,12-14H,5,10-11,15H2,1-4H3,(H,22,24). The zero-order valence-electron chi connectivity index (χ0n) is 17.3. The lowest BCUT2D eigenvalue weighted by Gasteiger charge is -2.22. The van der Waals surface area contributed by atoms with Crippen LogP contribution in [0.2, 0.25) is 0 Å². The van der Waals surface area contributed by atoms with E-state index in [1.54, 1.807) is 24.3 Å². The first-order valence-corrected chi connectivity index (χ1v) is 11.2. The number of nitrogens with zero attached hydrogens (tertiary/aromatic N) is 1. The Morgan fingerprint density at radius 2 is 1.62 bits per heavy atom. The van der Waals surface area contributed by atoms with Crippen molar-refractivity contribution in [1.82, 2.24) is 5.32 Å². The molecule has 0 spiro atoms. The van der Waals surface area contributed by atoms with E-state index in [0.717, 1.165) is 27.4 Å². The van der Waals surface area contributed by atoms with Crippen molar-refractivity contribution >= 4 is 21.6 Å². The fourth-order valence-corrected chi connectivity index (χ4v) is 3.69. The topological polar surface area (TPSA) is 84.9 Å². The van der Waals surface area contributed by atoms with Crippen LogP contribution in [0, 0.1) is 13.8 Å². The summed E-state index contributed by atoms with van der Waals surface area (Å²) >= 11 is 0. The van der Waals surface area contributed by atoms with Gasteiger partial charge in [0.25, 0.3) is 0 Å². The Kier molecular flexibility index (Phi) is 7.90. The summed E-state index contributed by atoms with van der Waals surface area (Å²) in [6, 6.07) is 12.5. The van der Waals surface area contributed by atoms with Crippen LogP contribution in [0.1, 0.15) is 18.1 Å². The van der Waals surface area contributed by atoms with Crippen LogP contribution in [-0.2, 0) is 14.8 Å². The summed E-state index contributed by atoms with van der Waals surface area (Å²) < 4.78 is 36.4. The fourth-order valence-electron chi connectivity index (χ4n) is 2.84. The van der Waals surface area contributed by atoms with Gasteiger partial charge in [0, 0.05) is 0 Å². The van der Waals surface area contributed by atoms with E-state index in [1.807, 2.05) is 32.9 Å². The number of hydrogen-bond donors (Lipinski definition) is 1. The molecule has 0 fully saturated rings. The van der Waals surface area contributed by atoms with Crippen molar-refractivity contribution < 1.29 is 22.7 Å². The van der Waals surface area contributed by atoms with Gasteiger partial charge in [-0.15, -0.1) is 0 Å². The van der Waals surface area contributed by atoms with Crippen LogP contribution in [0.15, 0.2) is 42.5 Å². The second kappa shape index (κ2) is 10.2. The highest BCUT2D eigenvalue weighted by molar-refractivity contribution is 7.92. The van der Waals surface area contributed by atoms with Crippen molar-refractivity contribution in [2.45, 2.75) is 20.8 Å². The number of ether oxygens (including phenoxy) is 2. The molecule has 0 heterocycles. The Hall–Kier alpha value is -2.74. The first-order valence-electron chi connectivity index (χ1n) is 9.37. The van der Waals surface area contributed by atoms with Crippen LogP contribution in [0.4, 0.5) is 5.69 Å². The van der Waals surface area contributed by atoms with Gasteiger partial charge in [0.05, 0.1) is 25.1 Å². The highest BCUT2D eigenvalue weighted by Crippen LogP contribution is 2.21. The van der Waals surface area contributed by atoms with E-state index in [0.29, 0.717) is 18.0 Å². The zero-order valence-corrected chi connectivity index (χ0v) is 18.1. The van der Waals surface area contributed by atoms with Crippen molar-refractivity contribution in [1.29, 1.82) is 0 Å². The summed E-state index contributed by atoms with van der Waals surface area (Å²) in [6.07, 6.45) is 1.07. The lowest BCUT2D eigenvalue weighted by molar-refractivity contribution is -0.119. The zero-order chi connectivity index (χ0) is 21.4. The van der Waals surface area contributed by atoms with Crippen molar-refractivity contribution in [3.05, 3.63) is 53.6 Å². The van der Waals surface area contributed by atoms with Crippen molar-refractivity contribution in [2.75, 3.05) is 36.9 Å². The molecule has 7 nitrogen and oxygen atoms in total. The molecule has 0 saturated heterocycles. The van der Waals surface area contributed by atoms with E-state index < -0.39 is 15.9 Å². The lowest BCUT2D eigenvalue weighted by atomic mass is 10.1. The number of aryl methyl sites for hydroxylation is 2. The number of anilines is 1. The molecule has 0 radical (unpaired) electrons. The maximum absolute atomic E-state index is 12.3. The number of hydrogen-bond acceptors (Lipinski definition) is 5. The van der Waals surface area contributed by atoms with E-state index >= 15 is 0 Å². The first-order chi connectivity index (χ1) is 13.7. The van der Waals surface area contributed by atoms with Gasteiger partial charge >= 0.3 is 0 Å². The minimum atomic E-state index is -3.62. The van der Waals surface area contributed by atoms with E-state index in [-0.39, 0.29) is 19.7 Å². The SMILES string of the molecule is CCOc1ccc(N(CC(=O)NCCOc2cc(C)cc(C)c2)S(C)(=O)=O)cc1. The number of sulfonamides is 1. The van der Waals surface area contributed by atoms with Gasteiger partial charge < -0.3 is 14.8 Å². The molecule has 158 valence electrons. The van der Waals surface area contributed by atoms with Gasteiger partial charge in [-0.3, -0.25) is 9.10 Å². The number of carbonyl (C=O) groups excluding carboxylic acids is 1. The fraction of sp³-hybridized carbons (Fsp3) is 0.381. The highest BCUT2D eigenvalue weighted by atomic mass is 32.2. The number of nitrogens with one attached hydrogen (secondary N) is 1. The molecule has 0 aliphatic rings. The molecule has 2 rings (SSSR count). The molecular weight excluding hydrogens is 392 g/mol. The monoisotopic (exact) mass is 420 g/mol. The summed E-state index contributed by atoms with van der Waals surface area (Å²) in [5.41, 5.74) is 2.60. The van der Waals surface area contributed by atoms with Crippen LogP contribution >= 0.6 is 0 Å². The van der Waals surface area contributed by atoms with Gasteiger partial charge in [-0.2, -0.15) is 0 Å². The van der Waals surface area contributed by atoms with Crippen LogP contribution < -0.4 is 19.1 Å². The van der Waals surface area contributed by atoms with Gasteiger partial charge in [-0.25, -0.2) is 8.42 Å². The summed E-state index contributed by atoms with van der Waals surface area (Å²) in [6.45, 7) is 6.61. The van der Waals surface area contributed by atoms with E-state index in [2.05, 4.69) is 11.4 Å². The number of carbonyl (C=O) groups is 1. The maximum Gasteiger partial charge on any atom is 0.240 e. The van der Waals surface area contributed by atoms with Gasteiger partial charge in [0.1, 0.15) is 24.7 Å². The maximum atomic E-state index is 12.3. The minimum absolute atomic E-state index is 0.271. The number of benzene rings is 2. The molecule has 2 aromatic carbocycles. The molecule has 1 N–H and O–H groups in total. The molecule has 0 unspecified atom stereocenters. The third kappa shape index (κ3) is 7.30. The third-order valence-electron chi connectivity index (χ3n) is 4.01. The number of rotatable bonds is 10. The molecule has 29 heavy (non-hydrogen) atoms. The molecule has 1 amide bonds. The molecule has 0 atom stereocenters. The molecule has 0 saturated carbocycles. The second-order valence-electron chi connectivity index (χ2n) is 6.72. The summed E-state index contributed by atoms with van der Waals surface area (Å²) in [4.78, 5) is 12.3. The molecule has 0 aliphatic heterocycles. The third-order valence-corrected chi connectivity index (χ3v) is 5.15. The molecular formula is C21H28N2O5S. The second-order valence-corrected chi connectivity index (χ2v) is 8.63. The van der Waals surface area contributed by atoms with Crippen molar-refractivity contribution in [2.24, 2.45) is 0 Å². The Morgan fingerprint density at radius 3 is 2.17 bits per heavy atom. The van der Waals surface area contributed by atoms with E-state index in [4.69, 9.17) is 9.47 Å². The van der Waals surface area contributed by atoms with Crippen LogP contribution in [0.3, 0.4) is 0 Å². The molecule has 0 aromatic heterocycles. The Morgan fingerprint density at radius 1 is 1.00 bits per heavy atom. The predicted molar refractivity (Wildman–Crippen MR) is 114 cm³/mol. The van der Waals surface area contributed by atoms with Crippen LogP contribution in [0.25, 0.3) is 0 Å². The smallest absolute Gasteiger partial charge is 0.240 e. The van der Waals surface area contributed by atoms with Crippen molar-refractivity contribution in [3.63, 3.8) is 0 Å². The first kappa shape index (κ1) is 22.5. The quantitative estimate of drug-likeness (QED) is 0.598. The Bertz CT molecular complexity index is 906. The predicted octanol–water partition coefficient (Wildman–Crippen LogP) is 2.66. The van der Waals surface area contributed by atoms with Gasteiger partial charge in [0.2, 0.25) is 15.9 Å². The van der Waals surface area contributed by atoms with Gasteiger partial charge in [-0.05, 0) is 68.3 Å². The average molecular weight is 421 g/mol. The number of amides is 1. The molecule has 2 aromatic rings. The molecule has 0 bridgehead atoms. The summed E-state index contributed by atoms with van der Waals surface area (Å²) in [5, 5.41) is 2.69. The summed E-state index contributed by atoms with van der Waals surface area (Å²) in [5.74, 6) is 0.968. The Balaban J connectivity index is 1.91. The van der Waals surface area contributed by atoms with Crippen LogP contribution in [-0.4, -0.2) is 46.9 Å². The normalized spacial score (nSPS) is 11.0. The largest absolute Gasteiger partial charge is 0.494 e. The van der Waals surface area contributed by atoms with E-state index in [9.17, 15) is 13.2 Å². The summed E-state index contributed by atoms with van der Waals surface area (Å²) in [7, 11) is -3.62.